The molecule has 168 valence electrons. The Morgan fingerprint density at radius 1 is 0.875 bits per heavy atom. The summed E-state index contributed by atoms with van der Waals surface area (Å²) in [5, 5.41) is 11.5. The minimum absolute atomic E-state index is 0.0263. The van der Waals surface area contributed by atoms with Crippen LogP contribution in [-0.4, -0.2) is 28.7 Å². The number of rotatable bonds is 6. The number of halogens is 4. The second-order valence-electron chi connectivity index (χ2n) is 9.02. The lowest BCUT2D eigenvalue weighted by Crippen LogP contribution is -2.54. The molecular weight excluding hydrogens is 435 g/mol. The van der Waals surface area contributed by atoms with Crippen molar-refractivity contribution in [2.75, 3.05) is 13.1 Å². The van der Waals surface area contributed by atoms with Gasteiger partial charge in [-0.1, -0.05) is 41.9 Å². The molecule has 0 radical (unpaired) electrons. The Balaban J connectivity index is 1.65. The van der Waals surface area contributed by atoms with E-state index in [0.29, 0.717) is 23.7 Å². The van der Waals surface area contributed by atoms with E-state index in [4.69, 9.17) is 11.6 Å². The molecule has 0 bridgehead atoms. The number of hydrogen-bond donors (Lipinski definition) is 1. The van der Waals surface area contributed by atoms with Crippen molar-refractivity contribution < 1.29 is 18.3 Å². The fourth-order valence-corrected chi connectivity index (χ4v) is 5.15. The third-order valence-corrected chi connectivity index (χ3v) is 6.51. The van der Waals surface area contributed by atoms with E-state index in [9.17, 15) is 18.3 Å². The van der Waals surface area contributed by atoms with Crippen LogP contribution in [0.3, 0.4) is 0 Å². The molecule has 0 saturated carbocycles. The van der Waals surface area contributed by atoms with Crippen molar-refractivity contribution in [2.24, 2.45) is 5.92 Å². The zero-order valence-electron chi connectivity index (χ0n) is 17.9. The Morgan fingerprint density at radius 2 is 1.47 bits per heavy atom. The van der Waals surface area contributed by atoms with Gasteiger partial charge in [-0.25, -0.2) is 13.2 Å². The normalized spacial score (nSPS) is 17.1. The van der Waals surface area contributed by atoms with Crippen LogP contribution in [0.1, 0.15) is 42.5 Å². The highest BCUT2D eigenvalue weighted by atomic mass is 35.5. The van der Waals surface area contributed by atoms with E-state index in [2.05, 4.69) is 4.90 Å². The molecule has 0 spiro atoms. The van der Waals surface area contributed by atoms with Gasteiger partial charge in [-0.2, -0.15) is 0 Å². The van der Waals surface area contributed by atoms with E-state index in [1.165, 1.54) is 24.3 Å². The smallest absolute Gasteiger partial charge is 0.126 e. The summed E-state index contributed by atoms with van der Waals surface area (Å²) in [5.74, 6) is -2.12. The van der Waals surface area contributed by atoms with E-state index in [0.717, 1.165) is 17.2 Å². The van der Waals surface area contributed by atoms with Gasteiger partial charge in [-0.15, -0.1) is 0 Å². The van der Waals surface area contributed by atoms with Gasteiger partial charge in [0.25, 0.3) is 0 Å². The third kappa shape index (κ3) is 4.70. The summed E-state index contributed by atoms with van der Waals surface area (Å²) in [6.45, 7) is 4.49. The van der Waals surface area contributed by atoms with Gasteiger partial charge in [0, 0.05) is 30.1 Å². The zero-order chi connectivity index (χ0) is 23.0. The van der Waals surface area contributed by atoms with Crippen LogP contribution in [0.15, 0.2) is 66.7 Å². The Kier molecular flexibility index (Phi) is 6.35. The van der Waals surface area contributed by atoms with Crippen molar-refractivity contribution >= 4 is 11.6 Å². The van der Waals surface area contributed by atoms with Gasteiger partial charge in [0.2, 0.25) is 0 Å². The standard InChI is InChI=1S/C26H25ClF3NO/c1-26(2,32)24(17-11-20(29)13-21(30)12-17)18-14-31(15-18)25(16-7-9-19(28)10-8-16)22-5-3-4-6-23(22)27/h3-13,18,24-25,32H,14-15H2,1-2H3/t24-,25?/m0/s1. The molecule has 1 aliphatic heterocycles. The zero-order valence-corrected chi connectivity index (χ0v) is 18.7. The second kappa shape index (κ2) is 8.89. The van der Waals surface area contributed by atoms with Crippen molar-refractivity contribution in [1.29, 1.82) is 0 Å². The van der Waals surface area contributed by atoms with Gasteiger partial charge < -0.3 is 5.11 Å². The largest absolute Gasteiger partial charge is 0.390 e. The summed E-state index contributed by atoms with van der Waals surface area (Å²) >= 11 is 6.50. The van der Waals surface area contributed by atoms with Crippen LogP contribution in [0.25, 0.3) is 0 Å². The molecule has 2 nitrogen and oxygen atoms in total. The van der Waals surface area contributed by atoms with Gasteiger partial charge in [-0.3, -0.25) is 4.90 Å². The maximum Gasteiger partial charge on any atom is 0.126 e. The summed E-state index contributed by atoms with van der Waals surface area (Å²) in [5.41, 5.74) is 1.06. The number of nitrogens with zero attached hydrogens (tertiary/aromatic N) is 1. The van der Waals surface area contributed by atoms with Crippen LogP contribution in [0.4, 0.5) is 13.2 Å². The van der Waals surface area contributed by atoms with Crippen LogP contribution in [-0.2, 0) is 0 Å². The molecule has 1 saturated heterocycles. The summed E-state index contributed by atoms with van der Waals surface area (Å²) in [4.78, 5) is 2.19. The highest BCUT2D eigenvalue weighted by Crippen LogP contribution is 2.45. The molecule has 0 amide bonds. The molecule has 1 aliphatic rings. The first-order chi connectivity index (χ1) is 15.1. The summed E-state index contributed by atoms with van der Waals surface area (Å²) in [6, 6.07) is 17.1. The van der Waals surface area contributed by atoms with Gasteiger partial charge in [0.15, 0.2) is 0 Å². The van der Waals surface area contributed by atoms with E-state index < -0.39 is 23.2 Å². The van der Waals surface area contributed by atoms with Crippen molar-refractivity contribution in [3.8, 4) is 0 Å². The molecule has 3 aromatic carbocycles. The van der Waals surface area contributed by atoms with Crippen molar-refractivity contribution in [1.82, 2.24) is 4.90 Å². The van der Waals surface area contributed by atoms with Crippen molar-refractivity contribution in [3.05, 3.63) is 106 Å². The molecule has 4 rings (SSSR count). The van der Waals surface area contributed by atoms with Gasteiger partial charge >= 0.3 is 0 Å². The predicted molar refractivity (Wildman–Crippen MR) is 120 cm³/mol. The molecule has 0 aliphatic carbocycles. The first-order valence-electron chi connectivity index (χ1n) is 10.6. The number of hydrogen-bond acceptors (Lipinski definition) is 2. The molecule has 32 heavy (non-hydrogen) atoms. The lowest BCUT2D eigenvalue weighted by atomic mass is 9.71. The van der Waals surface area contributed by atoms with E-state index >= 15 is 0 Å². The molecule has 1 heterocycles. The summed E-state index contributed by atoms with van der Waals surface area (Å²) < 4.78 is 41.4. The quantitative estimate of drug-likeness (QED) is 0.465. The maximum absolute atomic E-state index is 13.9. The van der Waals surface area contributed by atoms with Crippen LogP contribution in [0.2, 0.25) is 5.02 Å². The highest BCUT2D eigenvalue weighted by molar-refractivity contribution is 6.31. The lowest BCUT2D eigenvalue weighted by Gasteiger charge is -2.50. The van der Waals surface area contributed by atoms with Crippen LogP contribution in [0.5, 0.6) is 0 Å². The second-order valence-corrected chi connectivity index (χ2v) is 9.43. The predicted octanol–water partition coefficient (Wildman–Crippen LogP) is 6.33. The molecular formula is C26H25ClF3NO. The SMILES string of the molecule is CC(C)(O)[C@@H](c1cc(F)cc(F)c1)C1CN(C(c2ccc(F)cc2)c2ccccc2Cl)C1. The summed E-state index contributed by atoms with van der Waals surface area (Å²) in [6.07, 6.45) is 0. The molecule has 1 unspecified atom stereocenters. The molecule has 1 fully saturated rings. The molecule has 0 aromatic heterocycles. The van der Waals surface area contributed by atoms with Crippen LogP contribution < -0.4 is 0 Å². The fourth-order valence-electron chi connectivity index (χ4n) is 4.91. The molecule has 2 atom stereocenters. The lowest BCUT2D eigenvalue weighted by molar-refractivity contribution is -0.0309. The van der Waals surface area contributed by atoms with Gasteiger partial charge in [0.05, 0.1) is 11.6 Å². The average molecular weight is 460 g/mol. The highest BCUT2D eigenvalue weighted by Gasteiger charge is 2.44. The minimum Gasteiger partial charge on any atom is -0.390 e. The molecule has 6 heteroatoms. The summed E-state index contributed by atoms with van der Waals surface area (Å²) in [7, 11) is 0. The van der Waals surface area contributed by atoms with Crippen molar-refractivity contribution in [2.45, 2.75) is 31.4 Å². The van der Waals surface area contributed by atoms with Crippen LogP contribution in [0, 0.1) is 23.4 Å². The monoisotopic (exact) mass is 459 g/mol. The number of likely N-dealkylation sites (tertiary alicyclic amines) is 1. The van der Waals surface area contributed by atoms with Gasteiger partial charge in [-0.05, 0) is 66.8 Å². The Hall–Kier alpha value is -2.34. The Labute approximate surface area is 191 Å². The first kappa shape index (κ1) is 22.8. The average Bonchev–Trinajstić information content (AvgIpc) is 2.67. The molecule has 3 aromatic rings. The van der Waals surface area contributed by atoms with E-state index in [1.54, 1.807) is 26.0 Å². The topological polar surface area (TPSA) is 23.5 Å². The van der Waals surface area contributed by atoms with E-state index in [-0.39, 0.29) is 17.8 Å². The minimum atomic E-state index is -1.17. The van der Waals surface area contributed by atoms with Gasteiger partial charge in [0.1, 0.15) is 17.5 Å². The van der Waals surface area contributed by atoms with Crippen LogP contribution >= 0.6 is 11.6 Å². The molecule has 1 N–H and O–H groups in total. The Bertz CT molecular complexity index is 1070. The Morgan fingerprint density at radius 3 is 2.03 bits per heavy atom. The first-order valence-corrected chi connectivity index (χ1v) is 10.9. The fraction of sp³-hybridized carbons (Fsp3) is 0.308. The maximum atomic E-state index is 13.9. The van der Waals surface area contributed by atoms with Crippen molar-refractivity contribution in [3.63, 3.8) is 0 Å². The third-order valence-electron chi connectivity index (χ3n) is 6.17. The number of aliphatic hydroxyl groups is 1. The van der Waals surface area contributed by atoms with E-state index in [1.807, 2.05) is 24.3 Å². The number of benzene rings is 3.